The molecule has 4 rings (SSSR count). The van der Waals surface area contributed by atoms with E-state index < -0.39 is 11.5 Å². The number of halogens is 1. The van der Waals surface area contributed by atoms with Gasteiger partial charge >= 0.3 is 0 Å². The van der Waals surface area contributed by atoms with Crippen LogP contribution in [-0.2, 0) is 12.1 Å². The highest BCUT2D eigenvalue weighted by Crippen LogP contribution is 2.46. The lowest BCUT2D eigenvalue weighted by Gasteiger charge is -2.39. The molecule has 7 nitrogen and oxygen atoms in total. The largest absolute Gasteiger partial charge is 1.00 e. The SMILES string of the molecule is C[N+](C)(CCOc1ccc(C(N)=O)cc1)Cc1cnc(C(O)(c2ccccc2)C2CCC2)o1.[Cl-]. The van der Waals surface area contributed by atoms with Crippen LogP contribution >= 0.6 is 0 Å². The molecule has 34 heavy (non-hydrogen) atoms. The summed E-state index contributed by atoms with van der Waals surface area (Å²) in [5.41, 5.74) is 5.35. The molecule has 0 aliphatic heterocycles. The van der Waals surface area contributed by atoms with Crippen molar-refractivity contribution in [3.05, 3.63) is 83.6 Å². The van der Waals surface area contributed by atoms with Crippen molar-refractivity contribution in [3.8, 4) is 5.75 Å². The van der Waals surface area contributed by atoms with Crippen molar-refractivity contribution in [1.29, 1.82) is 0 Å². The highest BCUT2D eigenvalue weighted by Gasteiger charge is 2.47. The molecule has 0 radical (unpaired) electrons. The van der Waals surface area contributed by atoms with Crippen LogP contribution in [0.4, 0.5) is 0 Å². The number of ether oxygens (including phenoxy) is 1. The minimum absolute atomic E-state index is 0. The molecule has 1 saturated carbocycles. The van der Waals surface area contributed by atoms with Crippen molar-refractivity contribution in [2.75, 3.05) is 27.2 Å². The summed E-state index contributed by atoms with van der Waals surface area (Å²) >= 11 is 0. The van der Waals surface area contributed by atoms with Gasteiger partial charge in [-0.05, 0) is 42.7 Å². The van der Waals surface area contributed by atoms with E-state index in [1.54, 1.807) is 30.5 Å². The van der Waals surface area contributed by atoms with Crippen LogP contribution in [0, 0.1) is 5.92 Å². The molecule has 1 aliphatic carbocycles. The van der Waals surface area contributed by atoms with Crippen molar-refractivity contribution in [1.82, 2.24) is 4.98 Å². The zero-order valence-electron chi connectivity index (χ0n) is 19.6. The van der Waals surface area contributed by atoms with E-state index in [4.69, 9.17) is 14.9 Å². The van der Waals surface area contributed by atoms with Gasteiger partial charge < -0.3 is 36.9 Å². The van der Waals surface area contributed by atoms with Crippen LogP contribution < -0.4 is 22.9 Å². The van der Waals surface area contributed by atoms with Crippen LogP contribution in [0.2, 0.25) is 0 Å². The number of carbonyl (C=O) groups is 1. The van der Waals surface area contributed by atoms with Gasteiger partial charge in [-0.25, -0.2) is 4.98 Å². The van der Waals surface area contributed by atoms with Gasteiger partial charge in [0.2, 0.25) is 11.8 Å². The number of oxazole rings is 1. The number of amides is 1. The van der Waals surface area contributed by atoms with Gasteiger partial charge in [0.25, 0.3) is 0 Å². The number of likely N-dealkylation sites (N-methyl/N-ethyl adjacent to an activating group) is 1. The van der Waals surface area contributed by atoms with E-state index in [0.717, 1.165) is 37.1 Å². The quantitative estimate of drug-likeness (QED) is 0.407. The molecule has 1 unspecified atom stereocenters. The first-order valence-corrected chi connectivity index (χ1v) is 11.4. The molecule has 1 amide bonds. The summed E-state index contributed by atoms with van der Waals surface area (Å²) in [5.74, 6) is 1.45. The maximum absolute atomic E-state index is 11.7. The summed E-state index contributed by atoms with van der Waals surface area (Å²) in [6.45, 7) is 1.85. The van der Waals surface area contributed by atoms with E-state index in [1.807, 2.05) is 30.3 Å². The number of nitrogens with two attached hydrogens (primary N) is 1. The van der Waals surface area contributed by atoms with E-state index in [2.05, 4.69) is 19.1 Å². The number of aliphatic hydroxyl groups is 1. The summed E-state index contributed by atoms with van der Waals surface area (Å²) in [7, 11) is 4.19. The van der Waals surface area contributed by atoms with Gasteiger partial charge in [0, 0.05) is 11.5 Å². The number of benzene rings is 2. The molecule has 3 N–H and O–H groups in total. The number of quaternary nitrogens is 1. The fourth-order valence-corrected chi connectivity index (χ4v) is 4.24. The first-order valence-electron chi connectivity index (χ1n) is 11.4. The topological polar surface area (TPSA) is 98.6 Å². The number of hydrogen-bond donors (Lipinski definition) is 2. The van der Waals surface area contributed by atoms with Gasteiger partial charge in [0.15, 0.2) is 11.4 Å². The Labute approximate surface area is 206 Å². The molecule has 3 aromatic rings. The highest BCUT2D eigenvalue weighted by atomic mass is 35.5. The lowest BCUT2D eigenvalue weighted by atomic mass is 9.69. The van der Waals surface area contributed by atoms with Gasteiger partial charge in [-0.2, -0.15) is 0 Å². The van der Waals surface area contributed by atoms with Crippen molar-refractivity contribution >= 4 is 5.91 Å². The summed E-state index contributed by atoms with van der Waals surface area (Å²) < 4.78 is 12.6. The third kappa shape index (κ3) is 5.60. The lowest BCUT2D eigenvalue weighted by Crippen LogP contribution is -3.00. The van der Waals surface area contributed by atoms with Gasteiger partial charge in [-0.1, -0.05) is 36.8 Å². The Morgan fingerprint density at radius 1 is 1.18 bits per heavy atom. The lowest BCUT2D eigenvalue weighted by molar-refractivity contribution is -0.904. The molecule has 8 heteroatoms. The van der Waals surface area contributed by atoms with Crippen LogP contribution in [-0.4, -0.2) is 47.7 Å². The molecule has 1 aromatic heterocycles. The fourth-order valence-electron chi connectivity index (χ4n) is 4.24. The predicted molar refractivity (Wildman–Crippen MR) is 124 cm³/mol. The Hall–Kier alpha value is -2.87. The Morgan fingerprint density at radius 2 is 1.85 bits per heavy atom. The molecule has 1 aliphatic rings. The standard InChI is InChI=1S/C26H31N3O4.ClH/c1-29(2,15-16-32-22-13-11-19(12-14-22)24(27)30)18-23-17-28-25(33-23)26(31,21-9-6-10-21)20-7-4-3-5-8-20;/h3-5,7-8,11-14,17,21,31H,6,9-10,15-16,18H2,1-2H3,(H-,27,30);1H. The average molecular weight is 486 g/mol. The first kappa shape index (κ1) is 25.7. The van der Waals surface area contributed by atoms with Gasteiger partial charge in [0.05, 0.1) is 20.3 Å². The van der Waals surface area contributed by atoms with Crippen molar-refractivity contribution in [3.63, 3.8) is 0 Å². The molecule has 1 atom stereocenters. The molecule has 0 spiro atoms. The van der Waals surface area contributed by atoms with Crippen LogP contribution in [0.1, 0.15) is 46.8 Å². The Bertz CT molecular complexity index is 1080. The summed E-state index contributed by atoms with van der Waals surface area (Å²) in [4.78, 5) is 15.7. The minimum atomic E-state index is -1.20. The fraction of sp³-hybridized carbons (Fsp3) is 0.385. The zero-order valence-corrected chi connectivity index (χ0v) is 20.4. The maximum atomic E-state index is 11.7. The molecule has 0 bridgehead atoms. The van der Waals surface area contributed by atoms with E-state index in [9.17, 15) is 9.90 Å². The third-order valence-corrected chi connectivity index (χ3v) is 6.48. The maximum Gasteiger partial charge on any atom is 0.248 e. The van der Waals surface area contributed by atoms with Crippen molar-refractivity contribution in [2.45, 2.75) is 31.4 Å². The molecule has 2 aromatic carbocycles. The molecular weight excluding hydrogens is 454 g/mol. The number of rotatable bonds is 10. The molecule has 1 heterocycles. The van der Waals surface area contributed by atoms with Crippen molar-refractivity contribution < 1.29 is 35.9 Å². The smallest absolute Gasteiger partial charge is 0.248 e. The summed E-state index contributed by atoms with van der Waals surface area (Å²) in [5, 5.41) is 11.7. The average Bonchev–Trinajstić information content (AvgIpc) is 3.21. The molecular formula is C26H32ClN3O4. The van der Waals surface area contributed by atoms with Gasteiger partial charge in [-0.15, -0.1) is 0 Å². The monoisotopic (exact) mass is 485 g/mol. The van der Waals surface area contributed by atoms with Crippen LogP contribution in [0.15, 0.2) is 65.2 Å². The zero-order chi connectivity index (χ0) is 23.5. The number of hydrogen-bond acceptors (Lipinski definition) is 5. The van der Waals surface area contributed by atoms with E-state index >= 15 is 0 Å². The van der Waals surface area contributed by atoms with E-state index in [-0.39, 0.29) is 18.3 Å². The molecule has 0 saturated heterocycles. The first-order chi connectivity index (χ1) is 15.8. The van der Waals surface area contributed by atoms with Gasteiger partial charge in [-0.3, -0.25) is 4.79 Å². The number of aromatic nitrogens is 1. The van der Waals surface area contributed by atoms with Crippen molar-refractivity contribution in [2.24, 2.45) is 11.7 Å². The second-order valence-corrected chi connectivity index (χ2v) is 9.45. The Morgan fingerprint density at radius 3 is 2.44 bits per heavy atom. The Balaban J connectivity index is 0.00000324. The Kier molecular flexibility index (Phi) is 8.02. The number of carbonyl (C=O) groups excluding carboxylic acids is 1. The second kappa shape index (κ2) is 10.6. The molecule has 1 fully saturated rings. The third-order valence-electron chi connectivity index (χ3n) is 6.48. The number of nitrogens with zero attached hydrogens (tertiary/aromatic N) is 2. The van der Waals surface area contributed by atoms with E-state index in [0.29, 0.717) is 34.8 Å². The van der Waals surface area contributed by atoms with Crippen LogP contribution in [0.25, 0.3) is 0 Å². The summed E-state index contributed by atoms with van der Waals surface area (Å²) in [6, 6.07) is 16.5. The summed E-state index contributed by atoms with van der Waals surface area (Å²) in [6.07, 6.45) is 4.76. The predicted octanol–water partition coefficient (Wildman–Crippen LogP) is 0.469. The minimum Gasteiger partial charge on any atom is -1.00 e. The molecule has 182 valence electrons. The second-order valence-electron chi connectivity index (χ2n) is 9.45. The van der Waals surface area contributed by atoms with Crippen LogP contribution in [0.3, 0.4) is 0 Å². The highest BCUT2D eigenvalue weighted by molar-refractivity contribution is 5.92. The van der Waals surface area contributed by atoms with E-state index in [1.165, 1.54) is 0 Å². The normalized spacial score (nSPS) is 15.6. The van der Waals surface area contributed by atoms with Gasteiger partial charge in [0.1, 0.15) is 25.4 Å². The van der Waals surface area contributed by atoms with Crippen LogP contribution in [0.5, 0.6) is 5.75 Å². The number of primary amides is 1.